The zero-order valence-corrected chi connectivity index (χ0v) is 18.5. The fourth-order valence-corrected chi connectivity index (χ4v) is 4.01. The van der Waals surface area contributed by atoms with Crippen molar-refractivity contribution in [3.8, 4) is 33.4 Å². The molecule has 0 N–H and O–H groups in total. The second-order valence-electron chi connectivity index (χ2n) is 8.09. The molecule has 0 aliphatic carbocycles. The van der Waals surface area contributed by atoms with Gasteiger partial charge in [-0.05, 0) is 33.4 Å². The molecule has 0 aliphatic rings. The summed E-state index contributed by atoms with van der Waals surface area (Å²) < 4.78 is 0. The van der Waals surface area contributed by atoms with Crippen LogP contribution in [0.3, 0.4) is 0 Å². The minimum Gasteiger partial charge on any atom is -0.289 e. The molecule has 160 valence electrons. The molecule has 0 amide bonds. The van der Waals surface area contributed by atoms with E-state index in [1.54, 1.807) is 0 Å². The number of ketones is 1. The fourth-order valence-electron chi connectivity index (χ4n) is 4.01. The van der Waals surface area contributed by atoms with Gasteiger partial charge in [-0.15, -0.1) is 0 Å². The molecule has 0 atom stereocenters. The van der Waals surface area contributed by atoms with E-state index in [0.29, 0.717) is 16.8 Å². The van der Waals surface area contributed by atoms with Crippen molar-refractivity contribution in [1.82, 2.24) is 0 Å². The highest BCUT2D eigenvalue weighted by molar-refractivity contribution is 6.09. The summed E-state index contributed by atoms with van der Waals surface area (Å²) in [6.45, 7) is 7.08. The maximum absolute atomic E-state index is 12.6. The molecule has 5 aromatic carbocycles. The standard InChI is InChI=1S/C32H21NO/c1-33-31-21-19-28(20-22-31)26-13-11-24(12-14-26)23-7-9-25(10-8-23)27-15-17-30(18-16-27)32(34)29-5-3-2-4-6-29/h2-22H. The van der Waals surface area contributed by atoms with Gasteiger partial charge in [-0.2, -0.15) is 0 Å². The quantitative estimate of drug-likeness (QED) is 0.200. The third-order valence-corrected chi connectivity index (χ3v) is 5.95. The first-order chi connectivity index (χ1) is 16.7. The Balaban J connectivity index is 1.31. The molecular formula is C32H21NO. The van der Waals surface area contributed by atoms with Crippen molar-refractivity contribution >= 4 is 11.5 Å². The van der Waals surface area contributed by atoms with E-state index < -0.39 is 0 Å². The topological polar surface area (TPSA) is 21.4 Å². The lowest BCUT2D eigenvalue weighted by Crippen LogP contribution is -2.00. The first-order valence-electron chi connectivity index (χ1n) is 11.1. The molecule has 0 heterocycles. The van der Waals surface area contributed by atoms with E-state index in [9.17, 15) is 4.79 Å². The maximum atomic E-state index is 12.6. The normalized spacial score (nSPS) is 10.4. The van der Waals surface area contributed by atoms with Crippen molar-refractivity contribution in [2.45, 2.75) is 0 Å². The summed E-state index contributed by atoms with van der Waals surface area (Å²) in [5, 5.41) is 0. The van der Waals surface area contributed by atoms with Crippen LogP contribution < -0.4 is 0 Å². The molecule has 5 aromatic rings. The van der Waals surface area contributed by atoms with Gasteiger partial charge in [0.15, 0.2) is 11.5 Å². The zero-order valence-electron chi connectivity index (χ0n) is 18.5. The van der Waals surface area contributed by atoms with Gasteiger partial charge < -0.3 is 0 Å². The van der Waals surface area contributed by atoms with Crippen LogP contribution in [-0.4, -0.2) is 5.78 Å². The molecule has 0 spiro atoms. The zero-order chi connectivity index (χ0) is 23.3. The van der Waals surface area contributed by atoms with E-state index in [-0.39, 0.29) is 5.78 Å². The lowest BCUT2D eigenvalue weighted by molar-refractivity contribution is 0.103. The Morgan fingerprint density at radius 1 is 0.441 bits per heavy atom. The van der Waals surface area contributed by atoms with E-state index >= 15 is 0 Å². The number of nitrogens with zero attached hydrogens (tertiary/aromatic N) is 1. The lowest BCUT2D eigenvalue weighted by Gasteiger charge is -2.08. The van der Waals surface area contributed by atoms with Crippen LogP contribution in [0.4, 0.5) is 5.69 Å². The number of hydrogen-bond acceptors (Lipinski definition) is 1. The fraction of sp³-hybridized carbons (Fsp3) is 0. The molecule has 0 saturated carbocycles. The van der Waals surface area contributed by atoms with Gasteiger partial charge in [-0.1, -0.05) is 127 Å². The Morgan fingerprint density at radius 3 is 1.15 bits per heavy atom. The summed E-state index contributed by atoms with van der Waals surface area (Å²) in [4.78, 5) is 16.1. The number of carbonyl (C=O) groups excluding carboxylic acids is 1. The Hall–Kier alpha value is -4.74. The van der Waals surface area contributed by atoms with Crippen molar-refractivity contribution in [3.05, 3.63) is 150 Å². The summed E-state index contributed by atoms with van der Waals surface area (Å²) in [6, 6.07) is 41.7. The molecule has 0 aromatic heterocycles. The van der Waals surface area contributed by atoms with Gasteiger partial charge in [0.1, 0.15) is 0 Å². The van der Waals surface area contributed by atoms with E-state index in [2.05, 4.69) is 53.4 Å². The third kappa shape index (κ3) is 4.41. The van der Waals surface area contributed by atoms with Crippen molar-refractivity contribution in [2.75, 3.05) is 0 Å². The van der Waals surface area contributed by atoms with Gasteiger partial charge in [0.2, 0.25) is 0 Å². The highest BCUT2D eigenvalue weighted by Crippen LogP contribution is 2.28. The van der Waals surface area contributed by atoms with Crippen LogP contribution in [0.1, 0.15) is 15.9 Å². The summed E-state index contributed by atoms with van der Waals surface area (Å²) >= 11 is 0. The second kappa shape index (κ2) is 9.40. The molecular weight excluding hydrogens is 414 g/mol. The van der Waals surface area contributed by atoms with E-state index in [0.717, 1.165) is 33.4 Å². The first kappa shape index (κ1) is 21.1. The molecule has 34 heavy (non-hydrogen) atoms. The molecule has 0 bridgehead atoms. The van der Waals surface area contributed by atoms with Crippen molar-refractivity contribution in [1.29, 1.82) is 0 Å². The average Bonchev–Trinajstić information content (AvgIpc) is 2.93. The molecule has 5 rings (SSSR count). The Bertz CT molecular complexity index is 1460. The minimum absolute atomic E-state index is 0.0354. The molecule has 0 aliphatic heterocycles. The van der Waals surface area contributed by atoms with Gasteiger partial charge in [-0.3, -0.25) is 4.79 Å². The van der Waals surface area contributed by atoms with E-state index in [1.165, 1.54) is 0 Å². The number of rotatable bonds is 5. The SMILES string of the molecule is [C-]#[N+]c1ccc(-c2ccc(-c3ccc(-c4ccc(C(=O)c5ccccc5)cc4)cc3)cc2)cc1. The average molecular weight is 436 g/mol. The van der Waals surface area contributed by atoms with Crippen LogP contribution in [0.15, 0.2) is 127 Å². The van der Waals surface area contributed by atoms with Gasteiger partial charge in [0.05, 0.1) is 6.57 Å². The molecule has 0 radical (unpaired) electrons. The molecule has 2 nitrogen and oxygen atoms in total. The summed E-state index contributed by atoms with van der Waals surface area (Å²) in [6.07, 6.45) is 0. The smallest absolute Gasteiger partial charge is 0.193 e. The summed E-state index contributed by atoms with van der Waals surface area (Å²) in [5.41, 5.74) is 8.75. The lowest BCUT2D eigenvalue weighted by atomic mass is 9.97. The van der Waals surface area contributed by atoms with Gasteiger partial charge in [0, 0.05) is 11.1 Å². The Morgan fingerprint density at radius 2 is 0.765 bits per heavy atom. The van der Waals surface area contributed by atoms with Crippen LogP contribution in [-0.2, 0) is 0 Å². The first-order valence-corrected chi connectivity index (χ1v) is 11.1. The highest BCUT2D eigenvalue weighted by Gasteiger charge is 2.09. The number of benzene rings is 5. The van der Waals surface area contributed by atoms with Crippen LogP contribution in [0.25, 0.3) is 38.2 Å². The molecule has 2 heteroatoms. The number of carbonyl (C=O) groups is 1. The van der Waals surface area contributed by atoms with Crippen molar-refractivity contribution in [3.63, 3.8) is 0 Å². The van der Waals surface area contributed by atoms with Crippen LogP contribution in [0.2, 0.25) is 0 Å². The highest BCUT2D eigenvalue weighted by atomic mass is 16.1. The molecule has 0 fully saturated rings. The largest absolute Gasteiger partial charge is 0.289 e. The predicted octanol–water partition coefficient (Wildman–Crippen LogP) is 8.47. The van der Waals surface area contributed by atoms with Gasteiger partial charge in [-0.25, -0.2) is 4.85 Å². The summed E-state index contributed by atoms with van der Waals surface area (Å²) in [7, 11) is 0. The minimum atomic E-state index is 0.0354. The van der Waals surface area contributed by atoms with Crippen LogP contribution in [0, 0.1) is 6.57 Å². The molecule has 0 unspecified atom stereocenters. The van der Waals surface area contributed by atoms with E-state index in [4.69, 9.17) is 6.57 Å². The van der Waals surface area contributed by atoms with Crippen LogP contribution in [0.5, 0.6) is 0 Å². The van der Waals surface area contributed by atoms with Gasteiger partial charge >= 0.3 is 0 Å². The van der Waals surface area contributed by atoms with E-state index in [1.807, 2.05) is 78.9 Å². The monoisotopic (exact) mass is 435 g/mol. The predicted molar refractivity (Wildman–Crippen MR) is 139 cm³/mol. The Kier molecular flexibility index (Phi) is 5.84. The molecule has 0 saturated heterocycles. The Labute approximate surface area is 199 Å². The van der Waals surface area contributed by atoms with Crippen LogP contribution >= 0.6 is 0 Å². The summed E-state index contributed by atoms with van der Waals surface area (Å²) in [5.74, 6) is 0.0354. The van der Waals surface area contributed by atoms with Crippen molar-refractivity contribution in [2.24, 2.45) is 0 Å². The second-order valence-corrected chi connectivity index (χ2v) is 8.09. The third-order valence-electron chi connectivity index (χ3n) is 5.95. The number of hydrogen-bond donors (Lipinski definition) is 0. The van der Waals surface area contributed by atoms with Gasteiger partial charge in [0.25, 0.3) is 0 Å². The van der Waals surface area contributed by atoms with Crippen molar-refractivity contribution < 1.29 is 4.79 Å². The maximum Gasteiger partial charge on any atom is 0.193 e.